The van der Waals surface area contributed by atoms with Gasteiger partial charge < -0.3 is 19.9 Å². The van der Waals surface area contributed by atoms with Gasteiger partial charge in [0.2, 0.25) is 5.91 Å². The average molecular weight is 311 g/mol. The van der Waals surface area contributed by atoms with E-state index >= 15 is 0 Å². The SMILES string of the molecule is CCCOCC(=O)N1CCN(C(=O)NC2CCCCC2)CC1. The molecule has 0 unspecified atom stereocenters. The molecule has 2 aliphatic rings. The number of hydrogen-bond acceptors (Lipinski definition) is 3. The van der Waals surface area contributed by atoms with Gasteiger partial charge >= 0.3 is 6.03 Å². The lowest BCUT2D eigenvalue weighted by Crippen LogP contribution is -2.55. The van der Waals surface area contributed by atoms with Gasteiger partial charge in [0.1, 0.15) is 6.61 Å². The second-order valence-corrected chi connectivity index (χ2v) is 6.20. The lowest BCUT2D eigenvalue weighted by atomic mass is 9.96. The van der Waals surface area contributed by atoms with Gasteiger partial charge in [0.05, 0.1) is 0 Å². The second-order valence-electron chi connectivity index (χ2n) is 6.20. The molecule has 1 saturated heterocycles. The first-order chi connectivity index (χ1) is 10.7. The van der Waals surface area contributed by atoms with Crippen LogP contribution in [0.2, 0.25) is 0 Å². The van der Waals surface area contributed by atoms with Crippen molar-refractivity contribution in [3.63, 3.8) is 0 Å². The van der Waals surface area contributed by atoms with Gasteiger partial charge in [0, 0.05) is 38.8 Å². The Morgan fingerprint density at radius 1 is 1.05 bits per heavy atom. The van der Waals surface area contributed by atoms with Crippen molar-refractivity contribution in [2.24, 2.45) is 0 Å². The van der Waals surface area contributed by atoms with Crippen LogP contribution in [0.5, 0.6) is 0 Å². The first-order valence-corrected chi connectivity index (χ1v) is 8.61. The summed E-state index contributed by atoms with van der Waals surface area (Å²) in [5.74, 6) is 0.0285. The Balaban J connectivity index is 1.67. The molecule has 0 aromatic heterocycles. The molecule has 126 valence electrons. The van der Waals surface area contributed by atoms with Gasteiger partial charge in [-0.15, -0.1) is 0 Å². The van der Waals surface area contributed by atoms with Crippen molar-refractivity contribution < 1.29 is 14.3 Å². The molecule has 1 saturated carbocycles. The van der Waals surface area contributed by atoms with Crippen LogP contribution in [-0.4, -0.2) is 67.2 Å². The first-order valence-electron chi connectivity index (χ1n) is 8.61. The minimum Gasteiger partial charge on any atom is -0.372 e. The number of nitrogens with zero attached hydrogens (tertiary/aromatic N) is 2. The van der Waals surface area contributed by atoms with E-state index in [-0.39, 0.29) is 18.5 Å². The lowest BCUT2D eigenvalue weighted by molar-refractivity contribution is -0.137. The molecule has 1 heterocycles. The van der Waals surface area contributed by atoms with E-state index in [0.29, 0.717) is 38.8 Å². The van der Waals surface area contributed by atoms with E-state index in [4.69, 9.17) is 4.74 Å². The van der Waals surface area contributed by atoms with E-state index in [1.54, 1.807) is 4.90 Å². The number of ether oxygens (including phenoxy) is 1. The summed E-state index contributed by atoms with van der Waals surface area (Å²) in [6.07, 6.45) is 6.82. The van der Waals surface area contributed by atoms with E-state index in [1.807, 2.05) is 11.8 Å². The molecule has 0 radical (unpaired) electrons. The number of urea groups is 1. The van der Waals surface area contributed by atoms with Crippen LogP contribution in [0, 0.1) is 0 Å². The summed E-state index contributed by atoms with van der Waals surface area (Å²) in [4.78, 5) is 27.8. The van der Waals surface area contributed by atoms with E-state index < -0.39 is 0 Å². The zero-order valence-corrected chi connectivity index (χ0v) is 13.7. The van der Waals surface area contributed by atoms with Gasteiger partial charge in [-0.25, -0.2) is 4.79 Å². The lowest BCUT2D eigenvalue weighted by Gasteiger charge is -2.36. The fourth-order valence-corrected chi connectivity index (χ4v) is 3.07. The normalized spacial score (nSPS) is 20.0. The van der Waals surface area contributed by atoms with E-state index in [0.717, 1.165) is 19.3 Å². The van der Waals surface area contributed by atoms with Crippen LogP contribution in [-0.2, 0) is 9.53 Å². The summed E-state index contributed by atoms with van der Waals surface area (Å²) in [5, 5.41) is 3.13. The van der Waals surface area contributed by atoms with Crippen molar-refractivity contribution in [1.82, 2.24) is 15.1 Å². The first kappa shape index (κ1) is 17.1. The molecular formula is C16H29N3O3. The van der Waals surface area contributed by atoms with E-state index in [1.165, 1.54) is 19.3 Å². The highest BCUT2D eigenvalue weighted by Gasteiger charge is 2.25. The molecule has 2 fully saturated rings. The van der Waals surface area contributed by atoms with Crippen molar-refractivity contribution in [1.29, 1.82) is 0 Å². The third kappa shape index (κ3) is 5.16. The molecule has 0 spiro atoms. The molecule has 3 amide bonds. The molecule has 0 aromatic rings. The van der Waals surface area contributed by atoms with Crippen LogP contribution < -0.4 is 5.32 Å². The highest BCUT2D eigenvalue weighted by atomic mass is 16.5. The molecule has 0 atom stereocenters. The molecule has 22 heavy (non-hydrogen) atoms. The molecule has 0 bridgehead atoms. The highest BCUT2D eigenvalue weighted by Crippen LogP contribution is 2.17. The number of carbonyl (C=O) groups is 2. The number of piperazine rings is 1. The average Bonchev–Trinajstić information content (AvgIpc) is 2.56. The summed E-state index contributed by atoms with van der Waals surface area (Å²) in [7, 11) is 0. The Bertz CT molecular complexity index is 362. The molecule has 0 aromatic carbocycles. The number of carbonyl (C=O) groups excluding carboxylic acids is 2. The molecule has 1 N–H and O–H groups in total. The fraction of sp³-hybridized carbons (Fsp3) is 0.875. The van der Waals surface area contributed by atoms with Crippen LogP contribution in [0.3, 0.4) is 0 Å². The van der Waals surface area contributed by atoms with Crippen LogP contribution in [0.15, 0.2) is 0 Å². The predicted molar refractivity (Wildman–Crippen MR) is 84.7 cm³/mol. The van der Waals surface area contributed by atoms with Gasteiger partial charge in [-0.1, -0.05) is 26.2 Å². The van der Waals surface area contributed by atoms with Crippen molar-refractivity contribution >= 4 is 11.9 Å². The summed E-state index contributed by atoms with van der Waals surface area (Å²) < 4.78 is 5.29. The third-order valence-electron chi connectivity index (χ3n) is 4.43. The van der Waals surface area contributed by atoms with Crippen molar-refractivity contribution in [2.75, 3.05) is 39.4 Å². The van der Waals surface area contributed by atoms with Gasteiger partial charge in [-0.3, -0.25) is 4.79 Å². The van der Waals surface area contributed by atoms with Crippen molar-refractivity contribution in [3.8, 4) is 0 Å². The fourth-order valence-electron chi connectivity index (χ4n) is 3.07. The van der Waals surface area contributed by atoms with Crippen LogP contribution in [0.1, 0.15) is 45.4 Å². The number of amides is 3. The van der Waals surface area contributed by atoms with Gasteiger partial charge in [0.15, 0.2) is 0 Å². The smallest absolute Gasteiger partial charge is 0.317 e. The zero-order chi connectivity index (χ0) is 15.8. The maximum atomic E-state index is 12.2. The Labute approximate surface area is 133 Å². The Morgan fingerprint density at radius 2 is 1.68 bits per heavy atom. The molecule has 2 rings (SSSR count). The summed E-state index contributed by atoms with van der Waals surface area (Å²) in [5.41, 5.74) is 0. The quantitative estimate of drug-likeness (QED) is 0.785. The van der Waals surface area contributed by atoms with Crippen LogP contribution >= 0.6 is 0 Å². The van der Waals surface area contributed by atoms with Gasteiger partial charge in [-0.2, -0.15) is 0 Å². The summed E-state index contributed by atoms with van der Waals surface area (Å²) in [6.45, 7) is 5.22. The molecule has 1 aliphatic heterocycles. The summed E-state index contributed by atoms with van der Waals surface area (Å²) in [6, 6.07) is 0.365. The summed E-state index contributed by atoms with van der Waals surface area (Å²) >= 11 is 0. The second kappa shape index (κ2) is 8.98. The van der Waals surface area contributed by atoms with Crippen LogP contribution in [0.4, 0.5) is 4.79 Å². The molecule has 6 heteroatoms. The third-order valence-corrected chi connectivity index (χ3v) is 4.43. The monoisotopic (exact) mass is 311 g/mol. The largest absolute Gasteiger partial charge is 0.372 e. The maximum absolute atomic E-state index is 12.2. The van der Waals surface area contributed by atoms with Gasteiger partial charge in [0.25, 0.3) is 0 Å². The zero-order valence-electron chi connectivity index (χ0n) is 13.7. The Morgan fingerprint density at radius 3 is 2.32 bits per heavy atom. The molecule has 6 nitrogen and oxygen atoms in total. The van der Waals surface area contributed by atoms with Crippen molar-refractivity contribution in [3.05, 3.63) is 0 Å². The minimum atomic E-state index is 0.0285. The van der Waals surface area contributed by atoms with E-state index in [9.17, 15) is 9.59 Å². The number of nitrogens with one attached hydrogen (secondary N) is 1. The topological polar surface area (TPSA) is 61.9 Å². The molecule has 1 aliphatic carbocycles. The molecular weight excluding hydrogens is 282 g/mol. The minimum absolute atomic E-state index is 0.0285. The van der Waals surface area contributed by atoms with Gasteiger partial charge in [-0.05, 0) is 19.3 Å². The Kier molecular flexibility index (Phi) is 6.96. The van der Waals surface area contributed by atoms with Crippen molar-refractivity contribution in [2.45, 2.75) is 51.5 Å². The Hall–Kier alpha value is -1.30. The standard InChI is InChI=1S/C16H29N3O3/c1-2-12-22-13-15(20)18-8-10-19(11-9-18)16(21)17-14-6-4-3-5-7-14/h14H,2-13H2,1H3,(H,17,21). The number of rotatable bonds is 5. The maximum Gasteiger partial charge on any atom is 0.317 e. The highest BCUT2D eigenvalue weighted by molar-refractivity contribution is 5.78. The predicted octanol–water partition coefficient (Wildman–Crippen LogP) is 1.60. The number of hydrogen-bond donors (Lipinski definition) is 1. The van der Waals surface area contributed by atoms with Crippen LogP contribution in [0.25, 0.3) is 0 Å². The van der Waals surface area contributed by atoms with E-state index in [2.05, 4.69) is 5.32 Å².